The monoisotopic (exact) mass is 227 g/mol. The summed E-state index contributed by atoms with van der Waals surface area (Å²) < 4.78 is 29.8. The van der Waals surface area contributed by atoms with Crippen molar-refractivity contribution in [1.82, 2.24) is 4.72 Å². The molecule has 0 aromatic carbocycles. The van der Waals surface area contributed by atoms with Crippen LogP contribution in [-0.2, 0) is 14.8 Å². The molecule has 0 heterocycles. The summed E-state index contributed by atoms with van der Waals surface area (Å²) in [5, 5.41) is -0.475. The number of methoxy groups -OCH3 is 1. The van der Waals surface area contributed by atoms with Crippen LogP contribution in [0, 0.1) is 0 Å². The SMILES string of the molecule is COCC(Cl)CNS(=O)(=O)C1CC1. The number of halogens is 1. The fourth-order valence-electron chi connectivity index (χ4n) is 0.943. The Labute approximate surface area is 83.7 Å². The van der Waals surface area contributed by atoms with Gasteiger partial charge < -0.3 is 4.74 Å². The molecule has 1 N–H and O–H groups in total. The molecule has 1 fully saturated rings. The Kier molecular flexibility index (Phi) is 3.97. The van der Waals surface area contributed by atoms with Crippen LogP contribution in [0.15, 0.2) is 0 Å². The number of sulfonamides is 1. The Morgan fingerprint density at radius 3 is 2.69 bits per heavy atom. The van der Waals surface area contributed by atoms with Crippen LogP contribution in [0.25, 0.3) is 0 Å². The molecule has 1 saturated carbocycles. The summed E-state index contributed by atoms with van der Waals surface area (Å²) in [6.45, 7) is 0.600. The van der Waals surface area contributed by atoms with Crippen molar-refractivity contribution in [2.75, 3.05) is 20.3 Å². The van der Waals surface area contributed by atoms with E-state index in [0.717, 1.165) is 12.8 Å². The maximum Gasteiger partial charge on any atom is 0.214 e. The third kappa shape index (κ3) is 3.81. The van der Waals surface area contributed by atoms with Gasteiger partial charge in [-0.3, -0.25) is 0 Å². The molecule has 13 heavy (non-hydrogen) atoms. The predicted molar refractivity (Wildman–Crippen MR) is 51.5 cm³/mol. The number of rotatable bonds is 6. The molecular formula is C7H14ClNO3S. The summed E-state index contributed by atoms with van der Waals surface area (Å²) in [6.07, 6.45) is 1.54. The zero-order valence-electron chi connectivity index (χ0n) is 7.49. The first-order chi connectivity index (χ1) is 6.06. The molecule has 1 aliphatic carbocycles. The molecule has 1 aliphatic rings. The van der Waals surface area contributed by atoms with Gasteiger partial charge in [-0.2, -0.15) is 0 Å². The van der Waals surface area contributed by atoms with Crippen molar-refractivity contribution in [2.45, 2.75) is 23.5 Å². The van der Waals surface area contributed by atoms with E-state index in [-0.39, 0.29) is 17.2 Å². The van der Waals surface area contributed by atoms with Crippen molar-refractivity contribution in [1.29, 1.82) is 0 Å². The van der Waals surface area contributed by atoms with Crippen LogP contribution in [-0.4, -0.2) is 39.3 Å². The zero-order chi connectivity index (χ0) is 9.90. The lowest BCUT2D eigenvalue weighted by molar-refractivity contribution is 0.198. The lowest BCUT2D eigenvalue weighted by atomic mass is 10.5. The van der Waals surface area contributed by atoms with Gasteiger partial charge in [-0.15, -0.1) is 11.6 Å². The highest BCUT2D eigenvalue weighted by atomic mass is 35.5. The van der Waals surface area contributed by atoms with Gasteiger partial charge in [0.1, 0.15) is 0 Å². The smallest absolute Gasteiger partial charge is 0.214 e. The van der Waals surface area contributed by atoms with Gasteiger partial charge in [0, 0.05) is 13.7 Å². The summed E-state index contributed by atoms with van der Waals surface area (Å²) in [5.74, 6) is 0. The lowest BCUT2D eigenvalue weighted by Gasteiger charge is -2.09. The summed E-state index contributed by atoms with van der Waals surface area (Å²) in [4.78, 5) is 0. The number of hydrogen-bond donors (Lipinski definition) is 1. The number of nitrogens with one attached hydrogen (secondary N) is 1. The Balaban J connectivity index is 2.24. The highest BCUT2D eigenvalue weighted by Gasteiger charge is 2.35. The van der Waals surface area contributed by atoms with Crippen LogP contribution >= 0.6 is 11.6 Å². The molecule has 78 valence electrons. The highest BCUT2D eigenvalue weighted by Crippen LogP contribution is 2.27. The molecule has 4 nitrogen and oxygen atoms in total. The molecule has 0 amide bonds. The van der Waals surface area contributed by atoms with Gasteiger partial charge in [0.25, 0.3) is 0 Å². The molecule has 1 rings (SSSR count). The minimum Gasteiger partial charge on any atom is -0.383 e. The van der Waals surface area contributed by atoms with Gasteiger partial charge >= 0.3 is 0 Å². The highest BCUT2D eigenvalue weighted by molar-refractivity contribution is 7.90. The fraction of sp³-hybridized carbons (Fsp3) is 1.00. The van der Waals surface area contributed by atoms with Crippen LogP contribution in [0.1, 0.15) is 12.8 Å². The van der Waals surface area contributed by atoms with Crippen LogP contribution in [0.2, 0.25) is 0 Å². The van der Waals surface area contributed by atoms with E-state index in [0.29, 0.717) is 6.61 Å². The van der Waals surface area contributed by atoms with Crippen LogP contribution in [0.5, 0.6) is 0 Å². The maximum atomic E-state index is 11.3. The van der Waals surface area contributed by atoms with Crippen molar-refractivity contribution in [3.8, 4) is 0 Å². The molecule has 0 aromatic heterocycles. The standard InChI is InChI=1S/C7H14ClNO3S/c1-12-5-6(8)4-9-13(10,11)7-2-3-7/h6-7,9H,2-5H2,1H3. The second-order valence-electron chi connectivity index (χ2n) is 3.15. The molecule has 0 aromatic rings. The van der Waals surface area contributed by atoms with E-state index in [2.05, 4.69) is 4.72 Å². The summed E-state index contributed by atoms with van der Waals surface area (Å²) in [6, 6.07) is 0. The summed E-state index contributed by atoms with van der Waals surface area (Å²) in [7, 11) is -1.56. The Morgan fingerprint density at radius 1 is 1.62 bits per heavy atom. The van der Waals surface area contributed by atoms with E-state index >= 15 is 0 Å². The molecule has 0 bridgehead atoms. The van der Waals surface area contributed by atoms with Crippen molar-refractivity contribution in [3.63, 3.8) is 0 Å². The van der Waals surface area contributed by atoms with Gasteiger partial charge in [0.05, 0.1) is 17.2 Å². The average molecular weight is 228 g/mol. The Hall–Kier alpha value is 0.160. The van der Waals surface area contributed by atoms with Crippen molar-refractivity contribution in [3.05, 3.63) is 0 Å². The normalized spacial score (nSPS) is 20.2. The number of ether oxygens (including phenoxy) is 1. The average Bonchev–Trinajstić information content (AvgIpc) is 2.84. The Bertz CT molecular complexity index is 250. The first-order valence-corrected chi connectivity index (χ1v) is 6.16. The van der Waals surface area contributed by atoms with Crippen LogP contribution in [0.3, 0.4) is 0 Å². The summed E-state index contributed by atoms with van der Waals surface area (Å²) >= 11 is 5.76. The zero-order valence-corrected chi connectivity index (χ0v) is 9.07. The van der Waals surface area contributed by atoms with E-state index in [1.54, 1.807) is 0 Å². The summed E-state index contributed by atoms with van der Waals surface area (Å²) in [5.41, 5.74) is 0. The third-order valence-electron chi connectivity index (χ3n) is 1.82. The molecule has 0 radical (unpaired) electrons. The molecular weight excluding hydrogens is 214 g/mol. The van der Waals surface area contributed by atoms with Gasteiger partial charge in [-0.1, -0.05) is 0 Å². The van der Waals surface area contributed by atoms with E-state index in [4.69, 9.17) is 16.3 Å². The number of hydrogen-bond acceptors (Lipinski definition) is 3. The van der Waals surface area contributed by atoms with Gasteiger partial charge in [0.2, 0.25) is 10.0 Å². The molecule has 1 unspecified atom stereocenters. The van der Waals surface area contributed by atoms with Crippen molar-refractivity contribution >= 4 is 21.6 Å². The first kappa shape index (κ1) is 11.2. The minimum absolute atomic E-state index is 0.182. The van der Waals surface area contributed by atoms with Crippen molar-refractivity contribution < 1.29 is 13.2 Å². The molecule has 6 heteroatoms. The van der Waals surface area contributed by atoms with Crippen molar-refractivity contribution in [2.24, 2.45) is 0 Å². The first-order valence-electron chi connectivity index (χ1n) is 4.17. The largest absolute Gasteiger partial charge is 0.383 e. The molecule has 0 saturated heterocycles. The van der Waals surface area contributed by atoms with Crippen LogP contribution < -0.4 is 4.72 Å². The Morgan fingerprint density at radius 2 is 2.23 bits per heavy atom. The quantitative estimate of drug-likeness (QED) is 0.665. The topological polar surface area (TPSA) is 55.4 Å². The van der Waals surface area contributed by atoms with Gasteiger partial charge in [0.15, 0.2) is 0 Å². The molecule has 1 atom stereocenters. The third-order valence-corrected chi connectivity index (χ3v) is 4.02. The molecule has 0 aliphatic heterocycles. The van der Waals surface area contributed by atoms with E-state index < -0.39 is 10.0 Å². The lowest BCUT2D eigenvalue weighted by Crippen LogP contribution is -2.33. The van der Waals surface area contributed by atoms with E-state index in [1.807, 2.05) is 0 Å². The van der Waals surface area contributed by atoms with E-state index in [1.165, 1.54) is 7.11 Å². The maximum absolute atomic E-state index is 11.3. The van der Waals surface area contributed by atoms with Gasteiger partial charge in [-0.05, 0) is 12.8 Å². The van der Waals surface area contributed by atoms with Gasteiger partial charge in [-0.25, -0.2) is 13.1 Å². The molecule has 0 spiro atoms. The predicted octanol–water partition coefficient (Wildman–Crippen LogP) is 0.322. The fourth-order valence-corrected chi connectivity index (χ4v) is 2.66. The number of alkyl halides is 1. The second-order valence-corrected chi connectivity index (χ2v) is 5.81. The minimum atomic E-state index is -3.09. The van der Waals surface area contributed by atoms with Crippen LogP contribution in [0.4, 0.5) is 0 Å². The van der Waals surface area contributed by atoms with E-state index in [9.17, 15) is 8.42 Å². The second kappa shape index (κ2) is 4.59.